The fourth-order valence-corrected chi connectivity index (χ4v) is 2.96. The molecule has 0 spiro atoms. The van der Waals surface area contributed by atoms with Gasteiger partial charge < -0.3 is 5.11 Å². The Morgan fingerprint density at radius 3 is 2.41 bits per heavy atom. The average molecular weight is 249 g/mol. The first kappa shape index (κ1) is 14.8. The molecular formula is C13H25F2NO. The van der Waals surface area contributed by atoms with Crippen molar-refractivity contribution in [3.8, 4) is 0 Å². The van der Waals surface area contributed by atoms with Crippen molar-refractivity contribution in [1.29, 1.82) is 0 Å². The quantitative estimate of drug-likeness (QED) is 0.810. The van der Waals surface area contributed by atoms with E-state index in [9.17, 15) is 13.9 Å². The Morgan fingerprint density at radius 1 is 1.29 bits per heavy atom. The van der Waals surface area contributed by atoms with Crippen molar-refractivity contribution in [1.82, 2.24) is 4.90 Å². The highest BCUT2D eigenvalue weighted by Crippen LogP contribution is 2.32. The van der Waals surface area contributed by atoms with Crippen LogP contribution in [0.5, 0.6) is 0 Å². The van der Waals surface area contributed by atoms with Gasteiger partial charge in [0.15, 0.2) is 0 Å². The van der Waals surface area contributed by atoms with Crippen LogP contribution in [0.4, 0.5) is 8.78 Å². The van der Waals surface area contributed by atoms with E-state index in [2.05, 4.69) is 6.92 Å². The van der Waals surface area contributed by atoms with Crippen molar-refractivity contribution < 1.29 is 13.9 Å². The van der Waals surface area contributed by atoms with Crippen molar-refractivity contribution in [2.75, 3.05) is 6.54 Å². The molecule has 17 heavy (non-hydrogen) atoms. The third-order valence-electron chi connectivity index (χ3n) is 3.89. The Labute approximate surface area is 103 Å². The number of rotatable bonds is 5. The smallest absolute Gasteiger partial charge is 0.251 e. The van der Waals surface area contributed by atoms with Crippen molar-refractivity contribution in [2.24, 2.45) is 5.92 Å². The fraction of sp³-hybridized carbons (Fsp3) is 1.00. The summed E-state index contributed by atoms with van der Waals surface area (Å²) in [6.07, 6.45) is 0.799. The summed E-state index contributed by atoms with van der Waals surface area (Å²) in [6, 6.07) is 0.214. The van der Waals surface area contributed by atoms with E-state index in [-0.39, 0.29) is 24.7 Å². The van der Waals surface area contributed by atoms with E-state index in [1.807, 2.05) is 18.7 Å². The molecule has 0 bridgehead atoms. The molecule has 0 aromatic heterocycles. The third-order valence-corrected chi connectivity index (χ3v) is 3.89. The van der Waals surface area contributed by atoms with Gasteiger partial charge in [-0.3, -0.25) is 4.90 Å². The summed E-state index contributed by atoms with van der Waals surface area (Å²) >= 11 is 0. The van der Waals surface area contributed by atoms with Crippen LogP contribution in [0.25, 0.3) is 0 Å². The molecule has 102 valence electrons. The van der Waals surface area contributed by atoms with Gasteiger partial charge in [-0.15, -0.1) is 0 Å². The van der Waals surface area contributed by atoms with E-state index in [1.165, 1.54) is 0 Å². The predicted octanol–water partition coefficient (Wildman–Crippen LogP) is 2.90. The highest BCUT2D eigenvalue weighted by Gasteiger charge is 2.34. The lowest BCUT2D eigenvalue weighted by Crippen LogP contribution is -2.50. The highest BCUT2D eigenvalue weighted by atomic mass is 19.3. The molecule has 0 amide bonds. The van der Waals surface area contributed by atoms with Gasteiger partial charge in [0.2, 0.25) is 0 Å². The molecule has 1 aliphatic rings. The Kier molecular flexibility index (Phi) is 5.80. The standard InChI is InChI=1S/C13H25F2NO/c1-4-10-5-6-11(17)7-12(10)16(9(2)3)8-13(14)15/h9-13,17H,4-8H2,1-3H3. The second-order valence-electron chi connectivity index (χ2n) is 5.38. The van der Waals surface area contributed by atoms with E-state index in [1.54, 1.807) is 0 Å². The van der Waals surface area contributed by atoms with Crippen LogP contribution < -0.4 is 0 Å². The van der Waals surface area contributed by atoms with E-state index in [0.717, 1.165) is 19.3 Å². The summed E-state index contributed by atoms with van der Waals surface area (Å²) in [6.45, 7) is 5.84. The zero-order chi connectivity index (χ0) is 13.0. The molecule has 1 fully saturated rings. The number of alkyl halides is 2. The van der Waals surface area contributed by atoms with Crippen LogP contribution in [0.3, 0.4) is 0 Å². The number of nitrogens with zero attached hydrogens (tertiary/aromatic N) is 1. The van der Waals surface area contributed by atoms with Gasteiger partial charge in [-0.25, -0.2) is 8.78 Å². The van der Waals surface area contributed by atoms with Crippen molar-refractivity contribution >= 4 is 0 Å². The number of aliphatic hydroxyl groups is 1. The van der Waals surface area contributed by atoms with Gasteiger partial charge in [0.05, 0.1) is 12.6 Å². The molecular weight excluding hydrogens is 224 g/mol. The molecule has 1 rings (SSSR count). The summed E-state index contributed by atoms with van der Waals surface area (Å²) in [5.41, 5.74) is 0. The van der Waals surface area contributed by atoms with Gasteiger partial charge in [0, 0.05) is 12.1 Å². The van der Waals surface area contributed by atoms with Crippen molar-refractivity contribution in [3.05, 3.63) is 0 Å². The Balaban J connectivity index is 2.74. The van der Waals surface area contributed by atoms with Gasteiger partial charge in [-0.05, 0) is 39.0 Å². The predicted molar refractivity (Wildman–Crippen MR) is 65.3 cm³/mol. The lowest BCUT2D eigenvalue weighted by Gasteiger charge is -2.43. The number of aliphatic hydroxyl groups excluding tert-OH is 1. The van der Waals surface area contributed by atoms with Crippen LogP contribution in [0.15, 0.2) is 0 Å². The van der Waals surface area contributed by atoms with Gasteiger partial charge in [-0.2, -0.15) is 0 Å². The number of hydrogen-bond donors (Lipinski definition) is 1. The number of halogens is 2. The van der Waals surface area contributed by atoms with Crippen molar-refractivity contribution in [2.45, 2.75) is 71.1 Å². The van der Waals surface area contributed by atoms with Crippen LogP contribution in [0, 0.1) is 5.92 Å². The highest BCUT2D eigenvalue weighted by molar-refractivity contribution is 4.88. The molecule has 0 aromatic carbocycles. The average Bonchev–Trinajstić information content (AvgIpc) is 2.25. The molecule has 2 nitrogen and oxygen atoms in total. The Bertz CT molecular complexity index is 223. The monoisotopic (exact) mass is 249 g/mol. The maximum absolute atomic E-state index is 12.6. The van der Waals surface area contributed by atoms with Crippen molar-refractivity contribution in [3.63, 3.8) is 0 Å². The van der Waals surface area contributed by atoms with Gasteiger partial charge in [0.1, 0.15) is 0 Å². The van der Waals surface area contributed by atoms with Crippen LogP contribution in [0.1, 0.15) is 46.5 Å². The molecule has 4 heteroatoms. The maximum atomic E-state index is 12.6. The van der Waals surface area contributed by atoms with Crippen LogP contribution in [0.2, 0.25) is 0 Å². The second kappa shape index (κ2) is 6.64. The molecule has 0 saturated heterocycles. The van der Waals surface area contributed by atoms with E-state index < -0.39 is 6.43 Å². The molecule has 1 saturated carbocycles. The Hall–Kier alpha value is -0.220. The topological polar surface area (TPSA) is 23.5 Å². The lowest BCUT2D eigenvalue weighted by atomic mass is 9.80. The molecule has 0 aromatic rings. The van der Waals surface area contributed by atoms with E-state index >= 15 is 0 Å². The minimum atomic E-state index is -2.30. The van der Waals surface area contributed by atoms with Gasteiger partial charge in [-0.1, -0.05) is 13.3 Å². The second-order valence-corrected chi connectivity index (χ2v) is 5.38. The zero-order valence-electron chi connectivity index (χ0n) is 11.1. The molecule has 1 aliphatic carbocycles. The summed E-state index contributed by atoms with van der Waals surface area (Å²) in [5.74, 6) is 0.444. The molecule has 1 N–H and O–H groups in total. The largest absolute Gasteiger partial charge is 0.393 e. The summed E-state index contributed by atoms with van der Waals surface area (Å²) < 4.78 is 25.2. The SMILES string of the molecule is CCC1CCC(O)CC1N(CC(F)F)C(C)C. The maximum Gasteiger partial charge on any atom is 0.251 e. The van der Waals surface area contributed by atoms with Crippen LogP contribution in [-0.4, -0.2) is 41.2 Å². The summed E-state index contributed by atoms with van der Waals surface area (Å²) in [5, 5.41) is 9.74. The zero-order valence-corrected chi connectivity index (χ0v) is 11.1. The minimum absolute atomic E-state index is 0.105. The minimum Gasteiger partial charge on any atom is -0.393 e. The third kappa shape index (κ3) is 4.18. The molecule has 3 unspecified atom stereocenters. The Morgan fingerprint density at radius 2 is 1.94 bits per heavy atom. The van der Waals surface area contributed by atoms with E-state index in [4.69, 9.17) is 0 Å². The van der Waals surface area contributed by atoms with E-state index in [0.29, 0.717) is 12.3 Å². The lowest BCUT2D eigenvalue weighted by molar-refractivity contribution is -0.0179. The van der Waals surface area contributed by atoms with Gasteiger partial charge in [0.25, 0.3) is 6.43 Å². The van der Waals surface area contributed by atoms with Gasteiger partial charge >= 0.3 is 0 Å². The summed E-state index contributed by atoms with van der Waals surface area (Å²) in [4.78, 5) is 1.88. The first-order valence-corrected chi connectivity index (χ1v) is 6.67. The van der Waals surface area contributed by atoms with Crippen LogP contribution in [-0.2, 0) is 0 Å². The number of hydrogen-bond acceptors (Lipinski definition) is 2. The normalized spacial score (nSPS) is 30.5. The van der Waals surface area contributed by atoms with Crippen LogP contribution >= 0.6 is 0 Å². The first-order valence-electron chi connectivity index (χ1n) is 6.67. The summed E-state index contributed by atoms with van der Waals surface area (Å²) in [7, 11) is 0. The molecule has 0 heterocycles. The first-order chi connectivity index (χ1) is 7.95. The molecule has 0 aliphatic heterocycles. The fourth-order valence-electron chi connectivity index (χ4n) is 2.96. The molecule has 0 radical (unpaired) electrons. The molecule has 3 atom stereocenters.